The van der Waals surface area contributed by atoms with Gasteiger partial charge in [0, 0.05) is 18.4 Å². The second kappa shape index (κ2) is 5.47. The van der Waals surface area contributed by atoms with E-state index >= 15 is 0 Å². The monoisotopic (exact) mass is 261 g/mol. The Morgan fingerprint density at radius 1 is 1.42 bits per heavy atom. The molecule has 2 heterocycles. The molecule has 0 aliphatic carbocycles. The molecule has 7 heteroatoms. The Morgan fingerprint density at radius 2 is 2.21 bits per heavy atom. The number of hydrogen-bond acceptors (Lipinski definition) is 4. The van der Waals surface area contributed by atoms with Gasteiger partial charge in [-0.05, 0) is 25.8 Å². The maximum Gasteiger partial charge on any atom is 0.271 e. The van der Waals surface area contributed by atoms with Crippen LogP contribution in [-0.4, -0.2) is 32.6 Å². The molecule has 0 saturated heterocycles. The van der Waals surface area contributed by atoms with Crippen molar-refractivity contribution < 1.29 is 4.79 Å². The van der Waals surface area contributed by atoms with Gasteiger partial charge in [-0.3, -0.25) is 14.7 Å². The van der Waals surface area contributed by atoms with Gasteiger partial charge in [0.15, 0.2) is 0 Å². The maximum absolute atomic E-state index is 11.7. The van der Waals surface area contributed by atoms with Gasteiger partial charge in [-0.1, -0.05) is 0 Å². The van der Waals surface area contributed by atoms with E-state index in [1.807, 2.05) is 13.8 Å². The van der Waals surface area contributed by atoms with Crippen molar-refractivity contribution in [3.8, 4) is 0 Å². The fourth-order valence-corrected chi connectivity index (χ4v) is 1.80. The summed E-state index contributed by atoms with van der Waals surface area (Å²) in [6, 6.07) is 0. The summed E-state index contributed by atoms with van der Waals surface area (Å²) in [6.07, 6.45) is 3.08. The van der Waals surface area contributed by atoms with E-state index in [0.717, 1.165) is 23.1 Å². The SMILES string of the molecule is Cc1n[nH]c(C)c1CCNC(=O)c1c[nH]c(=O)cn1. The predicted octanol–water partition coefficient (Wildman–Crippen LogP) is 0.0823. The third-order valence-corrected chi connectivity index (χ3v) is 2.85. The van der Waals surface area contributed by atoms with Gasteiger partial charge in [-0.2, -0.15) is 5.10 Å². The first-order valence-electron chi connectivity index (χ1n) is 5.91. The molecule has 2 aromatic heterocycles. The summed E-state index contributed by atoms with van der Waals surface area (Å²) in [4.78, 5) is 28.7. The number of carbonyl (C=O) groups excluding carboxylic acids is 1. The van der Waals surface area contributed by atoms with Gasteiger partial charge in [0.2, 0.25) is 0 Å². The molecular formula is C12H15N5O2. The number of hydrogen-bond donors (Lipinski definition) is 3. The largest absolute Gasteiger partial charge is 0.350 e. The average Bonchev–Trinajstić information content (AvgIpc) is 2.71. The van der Waals surface area contributed by atoms with E-state index < -0.39 is 0 Å². The molecule has 0 aromatic carbocycles. The van der Waals surface area contributed by atoms with E-state index in [0.29, 0.717) is 13.0 Å². The lowest BCUT2D eigenvalue weighted by molar-refractivity contribution is 0.0948. The molecular weight excluding hydrogens is 246 g/mol. The summed E-state index contributed by atoms with van der Waals surface area (Å²) in [5.74, 6) is -0.310. The second-order valence-corrected chi connectivity index (χ2v) is 4.21. The highest BCUT2D eigenvalue weighted by molar-refractivity contribution is 5.91. The van der Waals surface area contributed by atoms with Crippen LogP contribution in [0.5, 0.6) is 0 Å². The zero-order valence-corrected chi connectivity index (χ0v) is 10.8. The van der Waals surface area contributed by atoms with Crippen LogP contribution in [0.3, 0.4) is 0 Å². The van der Waals surface area contributed by atoms with Crippen molar-refractivity contribution in [2.75, 3.05) is 6.54 Å². The van der Waals surface area contributed by atoms with Crippen LogP contribution in [0.15, 0.2) is 17.2 Å². The summed E-state index contributed by atoms with van der Waals surface area (Å²) in [7, 11) is 0. The van der Waals surface area contributed by atoms with E-state index in [1.54, 1.807) is 0 Å². The molecule has 0 bridgehead atoms. The van der Waals surface area contributed by atoms with Gasteiger partial charge in [0.1, 0.15) is 5.69 Å². The van der Waals surface area contributed by atoms with E-state index in [1.165, 1.54) is 6.20 Å². The van der Waals surface area contributed by atoms with E-state index in [9.17, 15) is 9.59 Å². The Hall–Kier alpha value is -2.44. The Labute approximate surface area is 109 Å². The van der Waals surface area contributed by atoms with Crippen LogP contribution < -0.4 is 10.9 Å². The summed E-state index contributed by atoms with van der Waals surface area (Å²) in [5.41, 5.74) is 2.92. The number of nitrogens with one attached hydrogen (secondary N) is 3. The molecule has 0 aliphatic rings. The minimum atomic E-state index is -0.332. The Bertz CT molecular complexity index is 604. The Balaban J connectivity index is 1.91. The van der Waals surface area contributed by atoms with Crippen molar-refractivity contribution in [3.63, 3.8) is 0 Å². The topological polar surface area (TPSA) is 104 Å². The zero-order valence-electron chi connectivity index (χ0n) is 10.8. The summed E-state index contributed by atoms with van der Waals surface area (Å²) in [6.45, 7) is 4.35. The normalized spacial score (nSPS) is 10.4. The highest BCUT2D eigenvalue weighted by Crippen LogP contribution is 2.09. The molecule has 3 N–H and O–H groups in total. The number of aromatic amines is 2. The van der Waals surface area contributed by atoms with Crippen molar-refractivity contribution in [2.45, 2.75) is 20.3 Å². The number of carbonyl (C=O) groups is 1. The Kier molecular flexibility index (Phi) is 3.74. The van der Waals surface area contributed by atoms with Crippen LogP contribution in [0.4, 0.5) is 0 Å². The second-order valence-electron chi connectivity index (χ2n) is 4.21. The third-order valence-electron chi connectivity index (χ3n) is 2.85. The summed E-state index contributed by atoms with van der Waals surface area (Å²) in [5, 5.41) is 9.74. The molecule has 0 unspecified atom stereocenters. The first kappa shape index (κ1) is 13.0. The number of amides is 1. The summed E-state index contributed by atoms with van der Waals surface area (Å²) >= 11 is 0. The van der Waals surface area contributed by atoms with Crippen LogP contribution in [0.25, 0.3) is 0 Å². The highest BCUT2D eigenvalue weighted by Gasteiger charge is 2.09. The van der Waals surface area contributed by atoms with Crippen molar-refractivity contribution in [3.05, 3.63) is 45.4 Å². The van der Waals surface area contributed by atoms with Crippen molar-refractivity contribution in [1.82, 2.24) is 25.5 Å². The highest BCUT2D eigenvalue weighted by atomic mass is 16.2. The summed E-state index contributed by atoms with van der Waals surface area (Å²) < 4.78 is 0. The average molecular weight is 261 g/mol. The molecule has 0 fully saturated rings. The first-order chi connectivity index (χ1) is 9.08. The smallest absolute Gasteiger partial charge is 0.271 e. The molecule has 19 heavy (non-hydrogen) atoms. The molecule has 0 saturated carbocycles. The van der Waals surface area contributed by atoms with Crippen LogP contribution in [0.1, 0.15) is 27.4 Å². The fraction of sp³-hybridized carbons (Fsp3) is 0.333. The Morgan fingerprint density at radius 3 is 2.79 bits per heavy atom. The van der Waals surface area contributed by atoms with Crippen LogP contribution >= 0.6 is 0 Å². The lowest BCUT2D eigenvalue weighted by Gasteiger charge is -2.04. The standard InChI is InChI=1S/C12H15N5O2/c1-7-9(8(2)17-16-7)3-4-13-12(19)10-5-15-11(18)6-14-10/h5-6H,3-4H2,1-2H3,(H,13,19)(H,15,18)(H,16,17). The molecule has 2 rings (SSSR count). The van der Waals surface area contributed by atoms with Crippen molar-refractivity contribution in [1.29, 1.82) is 0 Å². The lowest BCUT2D eigenvalue weighted by Crippen LogP contribution is -2.27. The van der Waals surface area contributed by atoms with Gasteiger partial charge >= 0.3 is 0 Å². The van der Waals surface area contributed by atoms with Crippen molar-refractivity contribution in [2.24, 2.45) is 0 Å². The van der Waals surface area contributed by atoms with Crippen LogP contribution in [-0.2, 0) is 6.42 Å². The lowest BCUT2D eigenvalue weighted by atomic mass is 10.1. The minimum absolute atomic E-state index is 0.195. The number of H-pyrrole nitrogens is 2. The quantitative estimate of drug-likeness (QED) is 0.725. The molecule has 0 spiro atoms. The first-order valence-corrected chi connectivity index (χ1v) is 5.91. The third kappa shape index (κ3) is 3.06. The zero-order chi connectivity index (χ0) is 13.8. The van der Waals surface area contributed by atoms with Gasteiger partial charge in [0.05, 0.1) is 11.9 Å². The molecule has 1 amide bonds. The van der Waals surface area contributed by atoms with Gasteiger partial charge < -0.3 is 10.3 Å². The molecule has 100 valence electrons. The van der Waals surface area contributed by atoms with Crippen LogP contribution in [0, 0.1) is 13.8 Å². The van der Waals surface area contributed by atoms with Crippen molar-refractivity contribution >= 4 is 5.91 Å². The van der Waals surface area contributed by atoms with Gasteiger partial charge in [0.25, 0.3) is 11.5 Å². The molecule has 2 aromatic rings. The number of aromatic nitrogens is 4. The maximum atomic E-state index is 11.7. The number of rotatable bonds is 4. The van der Waals surface area contributed by atoms with E-state index in [2.05, 4.69) is 25.5 Å². The number of nitrogens with zero attached hydrogens (tertiary/aromatic N) is 2. The molecule has 7 nitrogen and oxygen atoms in total. The van der Waals surface area contributed by atoms with E-state index in [4.69, 9.17) is 0 Å². The predicted molar refractivity (Wildman–Crippen MR) is 69.0 cm³/mol. The minimum Gasteiger partial charge on any atom is -0.350 e. The number of aryl methyl sites for hydroxylation is 2. The fourth-order valence-electron chi connectivity index (χ4n) is 1.80. The van der Waals surface area contributed by atoms with Gasteiger partial charge in [-0.25, -0.2) is 4.98 Å². The molecule has 0 aliphatic heterocycles. The molecule has 0 atom stereocenters. The van der Waals surface area contributed by atoms with Gasteiger partial charge in [-0.15, -0.1) is 0 Å². The van der Waals surface area contributed by atoms with Crippen LogP contribution in [0.2, 0.25) is 0 Å². The van der Waals surface area contributed by atoms with E-state index in [-0.39, 0.29) is 17.2 Å². The molecule has 0 radical (unpaired) electrons.